The average molecular weight is 367 g/mol. The van der Waals surface area contributed by atoms with E-state index in [1.165, 1.54) is 18.2 Å². The average Bonchev–Trinajstić information content (AvgIpc) is 2.57. The van der Waals surface area contributed by atoms with Crippen LogP contribution >= 0.6 is 0 Å². The Morgan fingerprint density at radius 1 is 1.08 bits per heavy atom. The summed E-state index contributed by atoms with van der Waals surface area (Å²) in [5.74, 6) is -2.72. The quantitative estimate of drug-likeness (QED) is 0.796. The molecule has 0 heterocycles. The maximum Gasteiger partial charge on any atom is 0.341 e. The number of alkyl halides is 2. The first-order chi connectivity index (χ1) is 12.0. The molecule has 1 N–H and O–H groups in total. The SMILES string of the molecule is O=S(=O)(c1ccccc1NCc1ccccc1OC1CCC1)C(F)F. The molecule has 2 aromatic rings. The van der Waals surface area contributed by atoms with E-state index in [4.69, 9.17) is 4.74 Å². The normalized spacial score (nSPS) is 15.0. The van der Waals surface area contributed by atoms with Gasteiger partial charge in [0.1, 0.15) is 5.75 Å². The van der Waals surface area contributed by atoms with E-state index >= 15 is 0 Å². The van der Waals surface area contributed by atoms with Crippen LogP contribution in [-0.4, -0.2) is 20.3 Å². The van der Waals surface area contributed by atoms with Crippen molar-refractivity contribution in [3.63, 3.8) is 0 Å². The molecule has 134 valence electrons. The molecule has 0 bridgehead atoms. The topological polar surface area (TPSA) is 55.4 Å². The third-order valence-corrected chi connectivity index (χ3v) is 5.65. The van der Waals surface area contributed by atoms with Crippen LogP contribution in [0.2, 0.25) is 0 Å². The summed E-state index contributed by atoms with van der Waals surface area (Å²) in [5, 5.41) is 2.95. The Hall–Kier alpha value is -2.15. The fraction of sp³-hybridized carbons (Fsp3) is 0.333. The smallest absolute Gasteiger partial charge is 0.341 e. The Balaban J connectivity index is 1.79. The van der Waals surface area contributed by atoms with Gasteiger partial charge < -0.3 is 10.1 Å². The van der Waals surface area contributed by atoms with E-state index in [0.717, 1.165) is 30.6 Å². The van der Waals surface area contributed by atoms with Gasteiger partial charge in [-0.15, -0.1) is 0 Å². The highest BCUT2D eigenvalue weighted by atomic mass is 32.2. The molecule has 4 nitrogen and oxygen atoms in total. The van der Waals surface area contributed by atoms with Crippen molar-refractivity contribution in [1.29, 1.82) is 0 Å². The van der Waals surface area contributed by atoms with Crippen molar-refractivity contribution in [2.45, 2.75) is 42.6 Å². The molecule has 0 spiro atoms. The van der Waals surface area contributed by atoms with Gasteiger partial charge in [-0.25, -0.2) is 8.42 Å². The highest BCUT2D eigenvalue weighted by molar-refractivity contribution is 7.91. The number of halogens is 2. The molecule has 0 unspecified atom stereocenters. The second-order valence-electron chi connectivity index (χ2n) is 5.93. The summed E-state index contributed by atoms with van der Waals surface area (Å²) >= 11 is 0. The molecular formula is C18H19F2NO3S. The zero-order valence-electron chi connectivity index (χ0n) is 13.5. The first-order valence-corrected chi connectivity index (χ1v) is 9.62. The predicted molar refractivity (Wildman–Crippen MR) is 91.7 cm³/mol. The van der Waals surface area contributed by atoms with Gasteiger partial charge in [0.15, 0.2) is 0 Å². The molecule has 25 heavy (non-hydrogen) atoms. The molecule has 1 fully saturated rings. The first kappa shape index (κ1) is 17.7. The van der Waals surface area contributed by atoms with Gasteiger partial charge in [0.05, 0.1) is 16.7 Å². The van der Waals surface area contributed by atoms with Crippen molar-refractivity contribution in [3.05, 3.63) is 54.1 Å². The minimum atomic E-state index is -4.66. The fourth-order valence-electron chi connectivity index (χ4n) is 2.58. The second-order valence-corrected chi connectivity index (χ2v) is 7.82. The van der Waals surface area contributed by atoms with Gasteiger partial charge in [-0.3, -0.25) is 0 Å². The van der Waals surface area contributed by atoms with Gasteiger partial charge in [-0.1, -0.05) is 30.3 Å². The molecule has 0 amide bonds. The van der Waals surface area contributed by atoms with E-state index < -0.39 is 20.5 Å². The number of sulfone groups is 1. The van der Waals surface area contributed by atoms with Crippen molar-refractivity contribution in [2.24, 2.45) is 0 Å². The van der Waals surface area contributed by atoms with Crippen molar-refractivity contribution in [1.82, 2.24) is 0 Å². The summed E-state index contributed by atoms with van der Waals surface area (Å²) in [7, 11) is -4.66. The molecule has 2 aromatic carbocycles. The van der Waals surface area contributed by atoms with E-state index in [1.54, 1.807) is 6.07 Å². The monoisotopic (exact) mass is 367 g/mol. The van der Waals surface area contributed by atoms with Gasteiger partial charge >= 0.3 is 5.76 Å². The van der Waals surface area contributed by atoms with Crippen LogP contribution in [0.25, 0.3) is 0 Å². The number of nitrogens with one attached hydrogen (secondary N) is 1. The van der Waals surface area contributed by atoms with Crippen LogP contribution in [0.4, 0.5) is 14.5 Å². The van der Waals surface area contributed by atoms with Crippen molar-refractivity contribution in [2.75, 3.05) is 5.32 Å². The molecule has 3 rings (SSSR count). The summed E-state index contributed by atoms with van der Waals surface area (Å²) < 4.78 is 55.3. The highest BCUT2D eigenvalue weighted by Gasteiger charge is 2.29. The summed E-state index contributed by atoms with van der Waals surface area (Å²) in [5.41, 5.74) is 1.000. The molecule has 0 aromatic heterocycles. The Morgan fingerprint density at radius 2 is 1.76 bits per heavy atom. The van der Waals surface area contributed by atoms with E-state index in [9.17, 15) is 17.2 Å². The summed E-state index contributed by atoms with van der Waals surface area (Å²) in [4.78, 5) is -0.401. The number of para-hydroxylation sites is 2. The zero-order chi connectivity index (χ0) is 17.9. The Bertz CT molecular complexity index is 836. The number of hydrogen-bond acceptors (Lipinski definition) is 4. The van der Waals surface area contributed by atoms with Crippen LogP contribution in [0.15, 0.2) is 53.4 Å². The van der Waals surface area contributed by atoms with Crippen LogP contribution in [0, 0.1) is 0 Å². The van der Waals surface area contributed by atoms with Crippen LogP contribution in [0.3, 0.4) is 0 Å². The first-order valence-electron chi connectivity index (χ1n) is 8.08. The fourth-order valence-corrected chi connectivity index (χ4v) is 3.49. The lowest BCUT2D eigenvalue weighted by atomic mass is 9.96. The number of ether oxygens (including phenoxy) is 1. The standard InChI is InChI=1S/C18H19F2NO3S/c19-18(20)25(22,23)17-11-4-2-9-15(17)21-12-13-6-1-3-10-16(13)24-14-7-5-8-14/h1-4,6,9-11,14,18,21H,5,7-8,12H2. The Labute approximate surface area is 145 Å². The van der Waals surface area contributed by atoms with Crippen LogP contribution in [-0.2, 0) is 16.4 Å². The number of hydrogen-bond donors (Lipinski definition) is 1. The van der Waals surface area contributed by atoms with Gasteiger partial charge in [-0.2, -0.15) is 8.78 Å². The van der Waals surface area contributed by atoms with Crippen LogP contribution in [0.1, 0.15) is 24.8 Å². The minimum Gasteiger partial charge on any atom is -0.490 e. The Morgan fingerprint density at radius 3 is 2.44 bits per heavy atom. The highest BCUT2D eigenvalue weighted by Crippen LogP contribution is 2.30. The molecule has 1 aliphatic carbocycles. The Kier molecular flexibility index (Phi) is 5.22. The number of rotatable bonds is 7. The van der Waals surface area contributed by atoms with Gasteiger partial charge in [0, 0.05) is 12.1 Å². The third kappa shape index (κ3) is 3.92. The molecule has 0 atom stereocenters. The van der Waals surface area contributed by atoms with E-state index in [-0.39, 0.29) is 18.3 Å². The van der Waals surface area contributed by atoms with E-state index in [0.29, 0.717) is 0 Å². The minimum absolute atomic E-state index is 0.154. The van der Waals surface area contributed by atoms with Gasteiger partial charge in [0.2, 0.25) is 9.84 Å². The van der Waals surface area contributed by atoms with Crippen molar-refractivity contribution >= 4 is 15.5 Å². The molecule has 0 radical (unpaired) electrons. The molecule has 1 aliphatic rings. The molecule has 1 saturated carbocycles. The lowest BCUT2D eigenvalue weighted by Gasteiger charge is -2.27. The van der Waals surface area contributed by atoms with Gasteiger partial charge in [0.25, 0.3) is 0 Å². The van der Waals surface area contributed by atoms with Crippen LogP contribution in [0.5, 0.6) is 5.75 Å². The summed E-state index contributed by atoms with van der Waals surface area (Å²) in [6.45, 7) is 0.276. The summed E-state index contributed by atoms with van der Waals surface area (Å²) in [6, 6.07) is 13.1. The van der Waals surface area contributed by atoms with Gasteiger partial charge in [-0.05, 0) is 37.5 Å². The lowest BCUT2D eigenvalue weighted by Crippen LogP contribution is -2.25. The molecule has 0 saturated heterocycles. The van der Waals surface area contributed by atoms with Crippen LogP contribution < -0.4 is 10.1 Å². The van der Waals surface area contributed by atoms with E-state index in [1.807, 2.05) is 24.3 Å². The molecular weight excluding hydrogens is 348 g/mol. The lowest BCUT2D eigenvalue weighted by molar-refractivity contribution is 0.119. The third-order valence-electron chi connectivity index (χ3n) is 4.22. The maximum atomic E-state index is 12.9. The largest absolute Gasteiger partial charge is 0.490 e. The maximum absolute atomic E-state index is 12.9. The number of benzene rings is 2. The van der Waals surface area contributed by atoms with Crippen molar-refractivity contribution in [3.8, 4) is 5.75 Å². The number of anilines is 1. The van der Waals surface area contributed by atoms with Crippen molar-refractivity contribution < 1.29 is 21.9 Å². The second kappa shape index (κ2) is 7.39. The zero-order valence-corrected chi connectivity index (χ0v) is 14.3. The summed E-state index contributed by atoms with van der Waals surface area (Å²) in [6.07, 6.45) is 3.42. The van der Waals surface area contributed by atoms with E-state index in [2.05, 4.69) is 5.32 Å². The molecule has 0 aliphatic heterocycles. The molecule has 7 heteroatoms. The predicted octanol–water partition coefficient (Wildman–Crippen LogP) is 4.23.